The number of aromatic nitrogens is 1. The van der Waals surface area contributed by atoms with E-state index in [-0.39, 0.29) is 54.1 Å². The van der Waals surface area contributed by atoms with Crippen LogP contribution in [0, 0.1) is 0 Å². The van der Waals surface area contributed by atoms with Crippen LogP contribution in [0.25, 0.3) is 0 Å². The van der Waals surface area contributed by atoms with Crippen LogP contribution in [0.1, 0.15) is 49.6 Å². The van der Waals surface area contributed by atoms with Gasteiger partial charge in [-0.25, -0.2) is 21.2 Å². The zero-order chi connectivity index (χ0) is 29.4. The van der Waals surface area contributed by atoms with E-state index in [2.05, 4.69) is 4.98 Å². The van der Waals surface area contributed by atoms with Crippen LogP contribution >= 0.6 is 0 Å². The van der Waals surface area contributed by atoms with E-state index >= 15 is 0 Å². The summed E-state index contributed by atoms with van der Waals surface area (Å²) in [6, 6.07) is 8.48. The van der Waals surface area contributed by atoms with Gasteiger partial charge >= 0.3 is 6.18 Å². The third kappa shape index (κ3) is 4.42. The van der Waals surface area contributed by atoms with Crippen LogP contribution < -0.4 is 0 Å². The first-order valence-corrected chi connectivity index (χ1v) is 16.0. The summed E-state index contributed by atoms with van der Waals surface area (Å²) in [5.74, 6) is -1.45. The third-order valence-electron chi connectivity index (χ3n) is 8.44. The molecule has 2 aromatic rings. The van der Waals surface area contributed by atoms with Crippen LogP contribution in [-0.2, 0) is 41.3 Å². The van der Waals surface area contributed by atoms with E-state index in [0.717, 1.165) is 6.07 Å². The van der Waals surface area contributed by atoms with Crippen molar-refractivity contribution in [3.63, 3.8) is 0 Å². The maximum atomic E-state index is 14.8. The Labute approximate surface area is 229 Å². The standard InChI is InChI=1S/C26H28F4N2O6S2/c1-23(27,26(28,29)30)20-9-7-18-19(31-20)8-10-21-25(18,40(37,38)17-5-3-2-4-6-17)11-13-32(21)22(33)15-24(34)12-14-39(35,36)16-24/h2-7,9,21,34H,8,10-16H2,1H3. The molecule has 1 aromatic heterocycles. The number of alkyl halides is 4. The largest absolute Gasteiger partial charge is 0.428 e. The van der Waals surface area contributed by atoms with Gasteiger partial charge in [0.05, 0.1) is 40.2 Å². The van der Waals surface area contributed by atoms with Gasteiger partial charge < -0.3 is 10.0 Å². The predicted molar refractivity (Wildman–Crippen MR) is 135 cm³/mol. The van der Waals surface area contributed by atoms with Crippen molar-refractivity contribution in [2.75, 3.05) is 18.1 Å². The lowest BCUT2D eigenvalue weighted by Crippen LogP contribution is -2.53. The van der Waals surface area contributed by atoms with Gasteiger partial charge in [-0.3, -0.25) is 9.78 Å². The number of rotatable bonds is 5. The fourth-order valence-corrected chi connectivity index (χ4v) is 10.6. The Kier molecular flexibility index (Phi) is 6.66. The zero-order valence-corrected chi connectivity index (χ0v) is 23.1. The molecule has 4 atom stereocenters. The Balaban J connectivity index is 1.60. The molecule has 4 unspecified atom stereocenters. The fraction of sp³-hybridized carbons (Fsp3) is 0.538. The van der Waals surface area contributed by atoms with Crippen LogP contribution in [0.2, 0.25) is 0 Å². The first-order valence-electron chi connectivity index (χ1n) is 12.7. The second kappa shape index (κ2) is 9.21. The number of carbonyl (C=O) groups is 1. The molecule has 0 spiro atoms. The Bertz CT molecular complexity index is 1560. The van der Waals surface area contributed by atoms with Crippen LogP contribution in [0.15, 0.2) is 47.4 Å². The summed E-state index contributed by atoms with van der Waals surface area (Å²) in [6.07, 6.45) is -6.01. The molecule has 1 aromatic carbocycles. The van der Waals surface area contributed by atoms with Crippen molar-refractivity contribution in [1.82, 2.24) is 9.88 Å². The minimum atomic E-state index is -5.25. The van der Waals surface area contributed by atoms with Crippen LogP contribution in [0.4, 0.5) is 17.6 Å². The number of benzene rings is 1. The van der Waals surface area contributed by atoms with Gasteiger partial charge in [-0.15, -0.1) is 0 Å². The number of halogens is 4. The normalized spacial score (nSPS) is 29.4. The number of hydrogen-bond donors (Lipinski definition) is 1. The molecule has 40 heavy (non-hydrogen) atoms. The molecule has 5 rings (SSSR count). The molecule has 3 aliphatic rings. The number of pyridine rings is 1. The average molecular weight is 605 g/mol. The molecular weight excluding hydrogens is 576 g/mol. The number of carbonyl (C=O) groups excluding carboxylic acids is 1. The van der Waals surface area contributed by atoms with Gasteiger partial charge in [-0.2, -0.15) is 13.2 Å². The molecule has 0 saturated carbocycles. The maximum Gasteiger partial charge on any atom is 0.428 e. The lowest BCUT2D eigenvalue weighted by atomic mass is 9.80. The van der Waals surface area contributed by atoms with E-state index in [0.29, 0.717) is 6.92 Å². The van der Waals surface area contributed by atoms with Crippen molar-refractivity contribution in [3.05, 3.63) is 59.4 Å². The van der Waals surface area contributed by atoms with E-state index < -0.39 is 71.7 Å². The summed E-state index contributed by atoms with van der Waals surface area (Å²) in [6.45, 7) is 0.302. The number of aliphatic hydroxyl groups is 1. The van der Waals surface area contributed by atoms with E-state index in [9.17, 15) is 44.3 Å². The number of fused-ring (bicyclic) bond motifs is 3. The van der Waals surface area contributed by atoms with Gasteiger partial charge in [-0.05, 0) is 56.4 Å². The summed E-state index contributed by atoms with van der Waals surface area (Å²) in [7, 11) is -7.81. The first-order chi connectivity index (χ1) is 18.4. The smallest absolute Gasteiger partial charge is 0.388 e. The Hall–Kier alpha value is -2.58. The molecule has 3 heterocycles. The highest BCUT2D eigenvalue weighted by Gasteiger charge is 2.62. The molecule has 8 nitrogen and oxygen atoms in total. The summed E-state index contributed by atoms with van der Waals surface area (Å²) in [5.41, 5.74) is -6.31. The quantitative estimate of drug-likeness (QED) is 0.521. The van der Waals surface area contributed by atoms with Gasteiger partial charge in [-0.1, -0.05) is 24.3 Å². The topological polar surface area (TPSA) is 122 Å². The van der Waals surface area contributed by atoms with Crippen LogP contribution in [0.3, 0.4) is 0 Å². The lowest BCUT2D eigenvalue weighted by Gasteiger charge is -2.42. The van der Waals surface area contributed by atoms with Crippen LogP contribution in [-0.4, -0.2) is 73.6 Å². The third-order valence-corrected chi connectivity index (χ3v) is 12.8. The van der Waals surface area contributed by atoms with Crippen molar-refractivity contribution in [2.24, 2.45) is 0 Å². The van der Waals surface area contributed by atoms with Crippen molar-refractivity contribution in [2.45, 2.75) is 72.2 Å². The highest BCUT2D eigenvalue weighted by molar-refractivity contribution is 7.92. The fourth-order valence-electron chi connectivity index (χ4n) is 6.31. The molecule has 2 fully saturated rings. The van der Waals surface area contributed by atoms with Crippen molar-refractivity contribution < 1.29 is 44.3 Å². The van der Waals surface area contributed by atoms with Crippen LogP contribution in [0.5, 0.6) is 0 Å². The second-order valence-electron chi connectivity index (χ2n) is 11.0. The number of sulfone groups is 2. The van der Waals surface area contributed by atoms with E-state index in [1.54, 1.807) is 6.07 Å². The monoisotopic (exact) mass is 604 g/mol. The summed E-state index contributed by atoms with van der Waals surface area (Å²) < 4.78 is 106. The number of amides is 1. The Morgan fingerprint density at radius 3 is 2.40 bits per heavy atom. The average Bonchev–Trinajstić information content (AvgIpc) is 3.41. The minimum Gasteiger partial charge on any atom is -0.388 e. The van der Waals surface area contributed by atoms with Crippen molar-refractivity contribution >= 4 is 25.6 Å². The molecular formula is C26H28F4N2O6S2. The maximum absolute atomic E-state index is 14.8. The molecule has 0 radical (unpaired) electrons. The molecule has 1 N–H and O–H groups in total. The molecule has 1 aliphatic carbocycles. The molecule has 2 aliphatic heterocycles. The summed E-state index contributed by atoms with van der Waals surface area (Å²) >= 11 is 0. The summed E-state index contributed by atoms with van der Waals surface area (Å²) in [4.78, 5) is 18.7. The highest BCUT2D eigenvalue weighted by atomic mass is 32.2. The number of aryl methyl sites for hydroxylation is 1. The van der Waals surface area contributed by atoms with Gasteiger partial charge in [0.1, 0.15) is 4.75 Å². The molecule has 0 bridgehead atoms. The minimum absolute atomic E-state index is 0.00695. The number of likely N-dealkylation sites (tertiary alicyclic amines) is 1. The first kappa shape index (κ1) is 28.9. The van der Waals surface area contributed by atoms with Gasteiger partial charge in [0.25, 0.3) is 0 Å². The van der Waals surface area contributed by atoms with E-state index in [4.69, 9.17) is 0 Å². The van der Waals surface area contributed by atoms with Gasteiger partial charge in [0, 0.05) is 12.2 Å². The molecule has 14 heteroatoms. The van der Waals surface area contributed by atoms with Gasteiger partial charge in [0.2, 0.25) is 11.6 Å². The lowest BCUT2D eigenvalue weighted by molar-refractivity contribution is -0.230. The predicted octanol–water partition coefficient (Wildman–Crippen LogP) is 2.98. The molecule has 1 amide bonds. The van der Waals surface area contributed by atoms with E-state index in [1.807, 2.05) is 0 Å². The Morgan fingerprint density at radius 2 is 1.80 bits per heavy atom. The highest BCUT2D eigenvalue weighted by Crippen LogP contribution is 2.53. The van der Waals surface area contributed by atoms with Gasteiger partial charge in [0.15, 0.2) is 19.7 Å². The number of nitrogens with zero attached hydrogens (tertiary/aromatic N) is 2. The van der Waals surface area contributed by atoms with Crippen molar-refractivity contribution in [3.8, 4) is 0 Å². The second-order valence-corrected chi connectivity index (χ2v) is 15.4. The summed E-state index contributed by atoms with van der Waals surface area (Å²) in [5, 5.41) is 10.8. The molecule has 2 saturated heterocycles. The zero-order valence-electron chi connectivity index (χ0n) is 21.5. The molecule has 218 valence electrons. The van der Waals surface area contributed by atoms with Crippen molar-refractivity contribution in [1.29, 1.82) is 0 Å². The Morgan fingerprint density at radius 1 is 1.12 bits per heavy atom. The SMILES string of the molecule is CC(F)(c1ccc2c(n1)CCC1N(C(=O)CC3(O)CCS(=O)(=O)C3)CCC21S(=O)(=O)c1ccccc1)C(F)(F)F. The number of hydrogen-bond acceptors (Lipinski definition) is 7. The van der Waals surface area contributed by atoms with E-state index in [1.165, 1.54) is 35.2 Å².